The zero-order valence-electron chi connectivity index (χ0n) is 16.1. The molecule has 3 aromatic rings. The topological polar surface area (TPSA) is 59.5 Å². The summed E-state index contributed by atoms with van der Waals surface area (Å²) < 4.78 is 31.7. The number of hydrogen-bond acceptors (Lipinski definition) is 5. The first kappa shape index (κ1) is 21.9. The fourth-order valence-corrected chi connectivity index (χ4v) is 3.89. The van der Waals surface area contributed by atoms with Gasteiger partial charge in [0.25, 0.3) is 0 Å². The van der Waals surface area contributed by atoms with Crippen molar-refractivity contribution in [3.8, 4) is 0 Å². The summed E-state index contributed by atoms with van der Waals surface area (Å²) in [4.78, 5) is 30.4. The van der Waals surface area contributed by atoms with Gasteiger partial charge in [-0.2, -0.15) is 0 Å². The van der Waals surface area contributed by atoms with Gasteiger partial charge >= 0.3 is 5.97 Å². The molecule has 156 valence electrons. The number of carbonyl (C=O) groups is 2. The zero-order valence-corrected chi connectivity index (χ0v) is 17.7. The Labute approximate surface area is 180 Å². The van der Waals surface area contributed by atoms with Crippen molar-refractivity contribution in [2.75, 3.05) is 4.90 Å². The number of rotatable bonds is 6. The maximum atomic E-state index is 13.4. The van der Waals surface area contributed by atoms with E-state index in [4.69, 9.17) is 16.3 Å². The smallest absolute Gasteiger partial charge is 0.340 e. The van der Waals surface area contributed by atoms with Crippen LogP contribution in [0.4, 0.5) is 19.6 Å². The second-order valence-corrected chi connectivity index (χ2v) is 7.52. The van der Waals surface area contributed by atoms with Crippen molar-refractivity contribution < 1.29 is 23.1 Å². The number of ether oxygens (including phenoxy) is 1. The Bertz CT molecular complexity index is 1100. The van der Waals surface area contributed by atoms with E-state index in [2.05, 4.69) is 4.98 Å². The van der Waals surface area contributed by atoms with E-state index in [1.165, 1.54) is 23.2 Å². The Hall–Kier alpha value is -2.84. The van der Waals surface area contributed by atoms with Crippen molar-refractivity contribution in [2.24, 2.45) is 0 Å². The summed E-state index contributed by atoms with van der Waals surface area (Å²) in [5, 5.41) is 1.83. The van der Waals surface area contributed by atoms with Gasteiger partial charge in [-0.05, 0) is 30.2 Å². The van der Waals surface area contributed by atoms with Crippen molar-refractivity contribution in [1.82, 2.24) is 4.98 Å². The number of hydrogen-bond donors (Lipinski definition) is 0. The lowest BCUT2D eigenvalue weighted by atomic mass is 10.1. The summed E-state index contributed by atoms with van der Waals surface area (Å²) in [6, 6.07) is 8.92. The Balaban J connectivity index is 1.78. The average Bonchev–Trinajstić information content (AvgIpc) is 3.17. The Morgan fingerprint density at radius 1 is 1.20 bits per heavy atom. The monoisotopic (exact) mass is 450 g/mol. The molecular weight excluding hydrogens is 434 g/mol. The lowest BCUT2D eigenvalue weighted by Crippen LogP contribution is -2.23. The summed E-state index contributed by atoms with van der Waals surface area (Å²) in [7, 11) is 0. The van der Waals surface area contributed by atoms with E-state index in [-0.39, 0.29) is 23.1 Å². The van der Waals surface area contributed by atoms with Crippen LogP contribution in [-0.2, 0) is 22.6 Å². The molecule has 0 unspecified atom stereocenters. The highest BCUT2D eigenvalue weighted by Crippen LogP contribution is 2.32. The zero-order chi connectivity index (χ0) is 21.8. The van der Waals surface area contributed by atoms with Crippen LogP contribution >= 0.6 is 22.9 Å². The van der Waals surface area contributed by atoms with E-state index in [1.807, 2.05) is 31.2 Å². The predicted octanol–water partition coefficient (Wildman–Crippen LogP) is 5.68. The third-order valence-corrected chi connectivity index (χ3v) is 5.43. The molecule has 1 amide bonds. The summed E-state index contributed by atoms with van der Waals surface area (Å²) >= 11 is 7.01. The van der Waals surface area contributed by atoms with Crippen LogP contribution in [0.3, 0.4) is 0 Å². The molecule has 2 aromatic carbocycles. The van der Waals surface area contributed by atoms with E-state index in [0.717, 1.165) is 17.7 Å². The average molecular weight is 451 g/mol. The van der Waals surface area contributed by atoms with E-state index >= 15 is 0 Å². The van der Waals surface area contributed by atoms with E-state index in [1.54, 1.807) is 5.38 Å². The van der Waals surface area contributed by atoms with E-state index in [9.17, 15) is 18.4 Å². The number of benzene rings is 2. The van der Waals surface area contributed by atoms with Crippen LogP contribution in [0.2, 0.25) is 5.02 Å². The number of halogens is 3. The van der Waals surface area contributed by atoms with Crippen LogP contribution in [0.25, 0.3) is 0 Å². The maximum Gasteiger partial charge on any atom is 0.340 e. The first-order valence-electron chi connectivity index (χ1n) is 8.96. The molecule has 0 aliphatic heterocycles. The molecule has 5 nitrogen and oxygen atoms in total. The fraction of sp³-hybridized carbons (Fsp3) is 0.190. The highest BCUT2D eigenvalue weighted by atomic mass is 35.5. The molecule has 0 atom stereocenters. The molecule has 0 aliphatic rings. The molecule has 0 radical (unpaired) electrons. The highest BCUT2D eigenvalue weighted by Gasteiger charge is 2.21. The molecule has 0 N–H and O–H groups in total. The molecule has 0 saturated carbocycles. The molecule has 1 heterocycles. The van der Waals surface area contributed by atoms with Crippen LogP contribution < -0.4 is 4.90 Å². The molecule has 0 aliphatic carbocycles. The first-order valence-corrected chi connectivity index (χ1v) is 10.2. The van der Waals surface area contributed by atoms with Gasteiger partial charge in [-0.15, -0.1) is 11.3 Å². The van der Waals surface area contributed by atoms with E-state index < -0.39 is 17.6 Å². The van der Waals surface area contributed by atoms with Gasteiger partial charge in [-0.3, -0.25) is 9.69 Å². The Morgan fingerprint density at radius 3 is 2.60 bits per heavy atom. The minimum absolute atomic E-state index is 0.206. The van der Waals surface area contributed by atoms with Gasteiger partial charge in [0.2, 0.25) is 5.91 Å². The number of aryl methyl sites for hydroxylation is 1. The van der Waals surface area contributed by atoms with Crippen LogP contribution in [0.5, 0.6) is 0 Å². The minimum Gasteiger partial charge on any atom is -0.456 e. The lowest BCUT2D eigenvalue weighted by molar-refractivity contribution is -0.115. The number of thiazole rings is 1. The summed E-state index contributed by atoms with van der Waals surface area (Å²) in [5.41, 5.74) is 1.85. The van der Waals surface area contributed by atoms with Crippen LogP contribution in [-0.4, -0.2) is 16.9 Å². The van der Waals surface area contributed by atoms with Crippen LogP contribution in [0.15, 0.2) is 41.8 Å². The molecule has 0 saturated heterocycles. The molecule has 3 rings (SSSR count). The van der Waals surface area contributed by atoms with Crippen LogP contribution in [0, 0.1) is 11.6 Å². The molecule has 0 fully saturated rings. The highest BCUT2D eigenvalue weighted by molar-refractivity contribution is 7.14. The van der Waals surface area contributed by atoms with Gasteiger partial charge in [0.1, 0.15) is 6.61 Å². The second kappa shape index (κ2) is 9.32. The minimum atomic E-state index is -1.20. The number of aromatic nitrogens is 1. The van der Waals surface area contributed by atoms with Gasteiger partial charge in [0.15, 0.2) is 16.8 Å². The predicted molar refractivity (Wildman–Crippen MR) is 111 cm³/mol. The number of esters is 1. The molecule has 9 heteroatoms. The largest absolute Gasteiger partial charge is 0.456 e. The van der Waals surface area contributed by atoms with Gasteiger partial charge in [-0.25, -0.2) is 18.6 Å². The lowest BCUT2D eigenvalue weighted by Gasteiger charge is -2.20. The number of nitrogens with zero attached hydrogens (tertiary/aromatic N) is 2. The maximum absolute atomic E-state index is 13.4. The molecule has 0 spiro atoms. The molecule has 1 aromatic heterocycles. The van der Waals surface area contributed by atoms with Gasteiger partial charge < -0.3 is 4.74 Å². The van der Waals surface area contributed by atoms with E-state index in [0.29, 0.717) is 23.0 Å². The number of para-hydroxylation sites is 1. The third kappa shape index (κ3) is 4.66. The fourth-order valence-electron chi connectivity index (χ4n) is 2.80. The van der Waals surface area contributed by atoms with Crippen LogP contribution in [0.1, 0.15) is 35.5 Å². The standard InChI is InChI=1S/C21H17ClF2N2O3S/c1-3-13-6-4-5-7-19(13)26(12(2)27)21-25-14(11-30-21)10-29-20(28)15-8-17(23)18(24)9-16(15)22/h4-9,11H,3,10H2,1-2H3. The van der Waals surface area contributed by atoms with Crippen molar-refractivity contribution in [2.45, 2.75) is 26.9 Å². The summed E-state index contributed by atoms with van der Waals surface area (Å²) in [6.07, 6.45) is 0.741. The molecule has 30 heavy (non-hydrogen) atoms. The van der Waals surface area contributed by atoms with Crippen molar-refractivity contribution in [1.29, 1.82) is 0 Å². The van der Waals surface area contributed by atoms with Crippen molar-refractivity contribution in [3.05, 3.63) is 75.3 Å². The van der Waals surface area contributed by atoms with Crippen molar-refractivity contribution in [3.63, 3.8) is 0 Å². The third-order valence-electron chi connectivity index (χ3n) is 4.24. The van der Waals surface area contributed by atoms with Gasteiger partial charge in [0.05, 0.1) is 22.0 Å². The number of anilines is 2. The van der Waals surface area contributed by atoms with Crippen molar-refractivity contribution >= 4 is 45.6 Å². The SMILES string of the molecule is CCc1ccccc1N(C(C)=O)c1nc(COC(=O)c2cc(F)c(F)cc2Cl)cs1. The quantitative estimate of drug-likeness (QED) is 0.358. The number of amides is 1. The second-order valence-electron chi connectivity index (χ2n) is 6.28. The Kier molecular flexibility index (Phi) is 6.79. The number of carbonyl (C=O) groups excluding carboxylic acids is 2. The summed E-state index contributed by atoms with van der Waals surface area (Å²) in [5.74, 6) is -3.47. The summed E-state index contributed by atoms with van der Waals surface area (Å²) in [6.45, 7) is 3.22. The molecule has 0 bridgehead atoms. The first-order chi connectivity index (χ1) is 14.3. The normalized spacial score (nSPS) is 10.7. The van der Waals surface area contributed by atoms with Gasteiger partial charge in [0, 0.05) is 12.3 Å². The molecular formula is C21H17ClF2N2O3S. The Morgan fingerprint density at radius 2 is 1.90 bits per heavy atom. The van der Waals surface area contributed by atoms with Gasteiger partial charge in [-0.1, -0.05) is 36.7 Å².